The molecular weight excluding hydrogens is 467 g/mol. The van der Waals surface area contributed by atoms with Crippen molar-refractivity contribution < 1.29 is 32.7 Å². The number of aromatic nitrogens is 3. The van der Waals surface area contributed by atoms with E-state index < -0.39 is 41.1 Å². The number of nitrogens with one attached hydrogen (secondary N) is 2. The van der Waals surface area contributed by atoms with Gasteiger partial charge in [0.15, 0.2) is 5.69 Å². The lowest BCUT2D eigenvalue weighted by Gasteiger charge is -2.22. The number of aliphatic carboxylic acids is 1. The van der Waals surface area contributed by atoms with Gasteiger partial charge in [0.1, 0.15) is 11.9 Å². The zero-order valence-corrected chi connectivity index (χ0v) is 19.4. The Morgan fingerprint density at radius 3 is 2.37 bits per heavy atom. The molecule has 3 rings (SSSR count). The van der Waals surface area contributed by atoms with Gasteiger partial charge in [-0.25, -0.2) is 9.97 Å². The topological polar surface area (TPSA) is 126 Å². The lowest BCUT2D eigenvalue weighted by molar-refractivity contribution is -0.142. The molecule has 3 N–H and O–H groups in total. The van der Waals surface area contributed by atoms with Crippen LogP contribution in [0.25, 0.3) is 0 Å². The molecule has 12 heteroatoms. The average Bonchev–Trinajstić information content (AvgIpc) is 3.44. The molecule has 0 saturated heterocycles. The minimum absolute atomic E-state index is 0.158. The molecule has 0 spiro atoms. The van der Waals surface area contributed by atoms with E-state index in [0.717, 1.165) is 38.2 Å². The maximum atomic E-state index is 13.1. The highest BCUT2D eigenvalue weighted by Crippen LogP contribution is 2.34. The SMILES string of the molecule is CC(C)(CC(=O)O)C(=O)Nc1ccc(NC(=O)[C@H](CC2CCCC2)n2cnc(C(F)(F)F)c2)nc1. The highest BCUT2D eigenvalue weighted by Gasteiger charge is 2.35. The predicted molar refractivity (Wildman–Crippen MR) is 120 cm³/mol. The van der Waals surface area contributed by atoms with Gasteiger partial charge >= 0.3 is 12.1 Å². The van der Waals surface area contributed by atoms with Crippen molar-refractivity contribution in [3.63, 3.8) is 0 Å². The Morgan fingerprint density at radius 2 is 1.83 bits per heavy atom. The Bertz CT molecular complexity index is 1060. The van der Waals surface area contributed by atoms with Crippen LogP contribution in [0.1, 0.15) is 64.1 Å². The van der Waals surface area contributed by atoms with Crippen LogP contribution >= 0.6 is 0 Å². The summed E-state index contributed by atoms with van der Waals surface area (Å²) in [5.41, 5.74) is -1.91. The first-order valence-corrected chi connectivity index (χ1v) is 11.3. The van der Waals surface area contributed by atoms with Crippen LogP contribution in [0.4, 0.5) is 24.7 Å². The van der Waals surface area contributed by atoms with Crippen LogP contribution in [0.3, 0.4) is 0 Å². The predicted octanol–water partition coefficient (Wildman–Crippen LogP) is 4.50. The van der Waals surface area contributed by atoms with Crippen molar-refractivity contribution in [1.82, 2.24) is 14.5 Å². The number of hydrogen-bond acceptors (Lipinski definition) is 5. The van der Waals surface area contributed by atoms with Gasteiger partial charge in [-0.3, -0.25) is 14.4 Å². The fourth-order valence-electron chi connectivity index (χ4n) is 4.09. The molecule has 2 heterocycles. The van der Waals surface area contributed by atoms with E-state index in [0.29, 0.717) is 12.1 Å². The summed E-state index contributed by atoms with van der Waals surface area (Å²) in [6.45, 7) is 3.01. The number of anilines is 2. The van der Waals surface area contributed by atoms with Crippen molar-refractivity contribution >= 4 is 29.3 Å². The molecule has 1 aliphatic carbocycles. The second-order valence-corrected chi connectivity index (χ2v) is 9.44. The lowest BCUT2D eigenvalue weighted by atomic mass is 9.88. The quantitative estimate of drug-likeness (QED) is 0.470. The number of halogens is 3. The summed E-state index contributed by atoms with van der Waals surface area (Å²) in [6, 6.07) is 2.04. The van der Waals surface area contributed by atoms with E-state index in [4.69, 9.17) is 5.11 Å². The van der Waals surface area contributed by atoms with Gasteiger partial charge in [-0.1, -0.05) is 39.5 Å². The third kappa shape index (κ3) is 7.03. The molecule has 2 aromatic rings. The molecule has 0 aliphatic heterocycles. The van der Waals surface area contributed by atoms with Gasteiger partial charge in [0.05, 0.1) is 30.0 Å². The van der Waals surface area contributed by atoms with Crippen molar-refractivity contribution in [2.24, 2.45) is 11.3 Å². The molecular formula is C23H28F3N5O4. The van der Waals surface area contributed by atoms with Gasteiger partial charge < -0.3 is 20.3 Å². The van der Waals surface area contributed by atoms with Crippen LogP contribution < -0.4 is 10.6 Å². The Balaban J connectivity index is 1.70. The summed E-state index contributed by atoms with van der Waals surface area (Å²) in [5, 5.41) is 14.2. The van der Waals surface area contributed by atoms with Gasteiger partial charge in [-0.15, -0.1) is 0 Å². The summed E-state index contributed by atoms with van der Waals surface area (Å²) in [5.74, 6) is -1.74. The number of carbonyl (C=O) groups excluding carboxylic acids is 2. The third-order valence-corrected chi connectivity index (χ3v) is 6.07. The number of pyridine rings is 1. The first kappa shape index (κ1) is 26.2. The normalized spacial score (nSPS) is 15.6. The number of carboxylic acids is 1. The number of nitrogens with zero attached hydrogens (tertiary/aromatic N) is 3. The molecule has 2 aromatic heterocycles. The minimum Gasteiger partial charge on any atom is -0.481 e. The molecule has 2 amide bonds. The maximum Gasteiger partial charge on any atom is 0.434 e. The van der Waals surface area contributed by atoms with Gasteiger partial charge in [0.25, 0.3) is 0 Å². The molecule has 1 atom stereocenters. The van der Waals surface area contributed by atoms with Crippen molar-refractivity contribution in [1.29, 1.82) is 0 Å². The molecule has 1 saturated carbocycles. The first-order valence-electron chi connectivity index (χ1n) is 11.3. The fraction of sp³-hybridized carbons (Fsp3) is 0.522. The fourth-order valence-corrected chi connectivity index (χ4v) is 4.09. The molecule has 0 bridgehead atoms. The summed E-state index contributed by atoms with van der Waals surface area (Å²) in [4.78, 5) is 43.9. The van der Waals surface area contributed by atoms with Gasteiger partial charge in [0.2, 0.25) is 11.8 Å². The highest BCUT2D eigenvalue weighted by atomic mass is 19.4. The molecule has 9 nitrogen and oxygen atoms in total. The molecule has 0 aromatic carbocycles. The molecule has 35 heavy (non-hydrogen) atoms. The second kappa shape index (κ2) is 10.4. The number of alkyl halides is 3. The van der Waals surface area contributed by atoms with Crippen LogP contribution in [0, 0.1) is 11.3 Å². The van der Waals surface area contributed by atoms with E-state index in [1.165, 1.54) is 36.7 Å². The number of amides is 2. The van der Waals surface area contributed by atoms with Gasteiger partial charge in [0, 0.05) is 6.20 Å². The van der Waals surface area contributed by atoms with Crippen LogP contribution in [0.2, 0.25) is 0 Å². The van der Waals surface area contributed by atoms with E-state index in [-0.39, 0.29) is 18.2 Å². The van der Waals surface area contributed by atoms with E-state index in [2.05, 4.69) is 20.6 Å². The van der Waals surface area contributed by atoms with E-state index in [1.807, 2.05) is 0 Å². The summed E-state index contributed by atoms with van der Waals surface area (Å²) >= 11 is 0. The standard InChI is InChI=1S/C23H28F3N5O4/c1-22(2,10-19(32)33)21(35)29-15-7-8-18(27-11-15)30-20(34)16(9-14-5-3-4-6-14)31-12-17(28-13-31)23(24,25)26/h7-8,11-14,16H,3-6,9-10H2,1-2H3,(H,29,35)(H,32,33)(H,27,30,34)/t16-/m0/s1. The second-order valence-electron chi connectivity index (χ2n) is 9.44. The van der Waals surface area contributed by atoms with Gasteiger partial charge in [-0.05, 0) is 24.5 Å². The number of imidazole rings is 1. The summed E-state index contributed by atoms with van der Waals surface area (Å²) in [6.07, 6.45) is 2.45. The highest BCUT2D eigenvalue weighted by molar-refractivity contribution is 5.97. The Morgan fingerprint density at radius 1 is 1.14 bits per heavy atom. The Kier molecular flexibility index (Phi) is 7.81. The van der Waals surface area contributed by atoms with Crippen LogP contribution in [-0.4, -0.2) is 37.4 Å². The average molecular weight is 496 g/mol. The van der Waals surface area contributed by atoms with E-state index in [9.17, 15) is 27.6 Å². The number of hydrogen-bond donors (Lipinski definition) is 3. The van der Waals surface area contributed by atoms with Crippen molar-refractivity contribution in [2.45, 2.75) is 64.6 Å². The first-order chi connectivity index (χ1) is 16.3. The summed E-state index contributed by atoms with van der Waals surface area (Å²) < 4.78 is 40.3. The molecule has 190 valence electrons. The molecule has 1 fully saturated rings. The number of carbonyl (C=O) groups is 3. The summed E-state index contributed by atoms with van der Waals surface area (Å²) in [7, 11) is 0. The molecule has 0 radical (unpaired) electrons. The van der Waals surface area contributed by atoms with Crippen LogP contribution in [0.15, 0.2) is 30.9 Å². The maximum absolute atomic E-state index is 13.1. The zero-order valence-electron chi connectivity index (χ0n) is 19.4. The van der Waals surface area contributed by atoms with Crippen LogP contribution in [-0.2, 0) is 20.6 Å². The van der Waals surface area contributed by atoms with Crippen LogP contribution in [0.5, 0.6) is 0 Å². The van der Waals surface area contributed by atoms with E-state index in [1.54, 1.807) is 0 Å². The Labute approximate surface area is 200 Å². The molecule has 0 unspecified atom stereocenters. The van der Waals surface area contributed by atoms with Crippen molar-refractivity contribution in [3.8, 4) is 0 Å². The van der Waals surface area contributed by atoms with E-state index >= 15 is 0 Å². The van der Waals surface area contributed by atoms with Crippen molar-refractivity contribution in [2.75, 3.05) is 10.6 Å². The third-order valence-electron chi connectivity index (χ3n) is 6.07. The monoisotopic (exact) mass is 495 g/mol. The molecule has 1 aliphatic rings. The number of rotatable bonds is 9. The smallest absolute Gasteiger partial charge is 0.434 e. The zero-order chi connectivity index (χ0) is 25.8. The van der Waals surface area contributed by atoms with Gasteiger partial charge in [-0.2, -0.15) is 13.2 Å². The number of carboxylic acid groups (broad SMARTS) is 1. The minimum atomic E-state index is -4.61. The lowest BCUT2D eigenvalue weighted by Crippen LogP contribution is -2.33. The van der Waals surface area contributed by atoms with Crippen molar-refractivity contribution in [3.05, 3.63) is 36.5 Å². The largest absolute Gasteiger partial charge is 0.481 e. The Hall–Kier alpha value is -3.44.